The number of anilines is 2. The predicted octanol–water partition coefficient (Wildman–Crippen LogP) is 5.94. The number of pyridine rings is 2. The summed E-state index contributed by atoms with van der Waals surface area (Å²) in [5, 5.41) is 14.6. The lowest BCUT2D eigenvalue weighted by Gasteiger charge is -2.16. The van der Waals surface area contributed by atoms with E-state index in [2.05, 4.69) is 15.3 Å². The Bertz CT molecular complexity index is 1490. The van der Waals surface area contributed by atoms with E-state index in [-0.39, 0.29) is 28.2 Å². The smallest absolute Gasteiger partial charge is 0.213 e. The number of ketones is 1. The van der Waals surface area contributed by atoms with Gasteiger partial charge in [0.15, 0.2) is 17.3 Å². The lowest BCUT2D eigenvalue weighted by Crippen LogP contribution is -2.19. The van der Waals surface area contributed by atoms with Crippen LogP contribution in [0.15, 0.2) is 54.9 Å². The summed E-state index contributed by atoms with van der Waals surface area (Å²) < 4.78 is 11.0. The Balaban J connectivity index is 1.54. The minimum absolute atomic E-state index is 0.0312. The molecule has 8 nitrogen and oxygen atoms in total. The van der Waals surface area contributed by atoms with Crippen LogP contribution in [0.2, 0.25) is 5.02 Å². The van der Waals surface area contributed by atoms with Gasteiger partial charge in [-0.2, -0.15) is 0 Å². The van der Waals surface area contributed by atoms with Crippen molar-refractivity contribution in [2.45, 2.75) is 12.8 Å². The highest BCUT2D eigenvalue weighted by Gasteiger charge is 2.32. The van der Waals surface area contributed by atoms with E-state index in [4.69, 9.17) is 21.1 Å². The number of benzene rings is 2. The Kier molecular flexibility index (Phi) is 7.35. The number of nitrogens with one attached hydrogen (secondary N) is 1. The second-order valence-electron chi connectivity index (χ2n) is 9.59. The molecule has 1 fully saturated rings. The average Bonchev–Trinajstić information content (AvgIpc) is 3.76. The fourth-order valence-electron chi connectivity index (χ4n) is 4.17. The maximum atomic E-state index is 13.2. The van der Waals surface area contributed by atoms with E-state index < -0.39 is 0 Å². The molecular weight excluding hydrogens is 504 g/mol. The molecule has 1 saturated carbocycles. The molecule has 4 aromatic rings. The number of aromatic hydroxyl groups is 1. The standard InChI is InChI=1S/C29H29ClN4O4/c1-34(2)10-11-38-26-9-7-20(15-32-26)33-27-21-12-18(19-13-23(30)29(36)25(14-19)37-3)6-8-24(21)31-16-22(27)28(35)17-4-5-17/h6-9,12-17,36H,4-5,10-11H2,1-3H3,(H,31,33). The third-order valence-corrected chi connectivity index (χ3v) is 6.75. The summed E-state index contributed by atoms with van der Waals surface area (Å²) in [5.41, 5.74) is 4.27. The van der Waals surface area contributed by atoms with Gasteiger partial charge in [-0.3, -0.25) is 9.78 Å². The first-order valence-electron chi connectivity index (χ1n) is 12.4. The summed E-state index contributed by atoms with van der Waals surface area (Å²) in [6.45, 7) is 1.33. The zero-order valence-electron chi connectivity index (χ0n) is 21.5. The number of carbonyl (C=O) groups is 1. The molecule has 2 heterocycles. The van der Waals surface area contributed by atoms with Crippen molar-refractivity contribution in [3.63, 3.8) is 0 Å². The van der Waals surface area contributed by atoms with Crippen LogP contribution in [-0.2, 0) is 0 Å². The fraction of sp³-hybridized carbons (Fsp3) is 0.276. The Labute approximate surface area is 226 Å². The van der Waals surface area contributed by atoms with E-state index in [9.17, 15) is 9.90 Å². The number of likely N-dealkylation sites (N-methyl/N-ethyl adjacent to an activating group) is 1. The highest BCUT2D eigenvalue weighted by molar-refractivity contribution is 6.32. The molecule has 2 N–H and O–H groups in total. The van der Waals surface area contributed by atoms with Crippen molar-refractivity contribution in [1.29, 1.82) is 0 Å². The lowest BCUT2D eigenvalue weighted by atomic mass is 9.98. The van der Waals surface area contributed by atoms with E-state index in [0.29, 0.717) is 23.7 Å². The third-order valence-electron chi connectivity index (χ3n) is 6.46. The maximum Gasteiger partial charge on any atom is 0.213 e. The number of carbonyl (C=O) groups excluding carboxylic acids is 1. The summed E-state index contributed by atoms with van der Waals surface area (Å²) in [4.78, 5) is 24.3. The number of fused-ring (bicyclic) bond motifs is 1. The first kappa shape index (κ1) is 25.8. The summed E-state index contributed by atoms with van der Waals surface area (Å²) in [6, 6.07) is 12.9. The molecule has 5 rings (SSSR count). The number of hydrogen-bond acceptors (Lipinski definition) is 8. The lowest BCUT2D eigenvalue weighted by molar-refractivity contribution is 0.0968. The third kappa shape index (κ3) is 5.51. The van der Waals surface area contributed by atoms with Gasteiger partial charge in [0, 0.05) is 30.1 Å². The van der Waals surface area contributed by atoms with Crippen LogP contribution in [0.4, 0.5) is 11.4 Å². The Morgan fingerprint density at radius 1 is 1.11 bits per heavy atom. The monoisotopic (exact) mass is 532 g/mol. The van der Waals surface area contributed by atoms with Crippen molar-refractivity contribution in [1.82, 2.24) is 14.9 Å². The molecule has 0 radical (unpaired) electrons. The molecule has 0 aliphatic heterocycles. The minimum atomic E-state index is -0.110. The molecule has 0 saturated heterocycles. The maximum absolute atomic E-state index is 13.2. The van der Waals surface area contributed by atoms with E-state index in [1.807, 2.05) is 43.3 Å². The van der Waals surface area contributed by atoms with Gasteiger partial charge in [0.25, 0.3) is 0 Å². The minimum Gasteiger partial charge on any atom is -0.503 e. The normalized spacial score (nSPS) is 13.1. The molecule has 9 heteroatoms. The number of halogens is 1. The molecule has 0 unspecified atom stereocenters. The van der Waals surface area contributed by atoms with Crippen molar-refractivity contribution < 1.29 is 19.4 Å². The number of phenols is 1. The number of phenolic OH excluding ortho intramolecular Hbond substituents is 1. The molecule has 2 aromatic heterocycles. The zero-order valence-corrected chi connectivity index (χ0v) is 22.2. The van der Waals surface area contributed by atoms with Gasteiger partial charge < -0.3 is 24.8 Å². The number of Topliss-reactive ketones (excluding diaryl/α,β-unsaturated/α-hetero) is 1. The van der Waals surface area contributed by atoms with Crippen molar-refractivity contribution >= 4 is 39.7 Å². The molecule has 196 valence electrons. The van der Waals surface area contributed by atoms with Crippen molar-refractivity contribution in [3.8, 4) is 28.5 Å². The van der Waals surface area contributed by atoms with Gasteiger partial charge in [-0.25, -0.2) is 4.98 Å². The molecule has 38 heavy (non-hydrogen) atoms. The largest absolute Gasteiger partial charge is 0.503 e. The van der Waals surface area contributed by atoms with Crippen LogP contribution in [-0.4, -0.2) is 60.1 Å². The van der Waals surface area contributed by atoms with Crippen LogP contribution in [0.5, 0.6) is 17.4 Å². The SMILES string of the molecule is COc1cc(-c2ccc3ncc(C(=O)C4CC4)c(Nc4ccc(OCCN(C)C)nc4)c3c2)cc(Cl)c1O. The molecule has 2 aromatic carbocycles. The number of hydrogen-bond donors (Lipinski definition) is 2. The topological polar surface area (TPSA) is 96.8 Å². The van der Waals surface area contributed by atoms with Crippen LogP contribution >= 0.6 is 11.6 Å². The number of rotatable bonds is 10. The number of methoxy groups -OCH3 is 1. The zero-order chi connectivity index (χ0) is 26.8. The van der Waals surface area contributed by atoms with Gasteiger partial charge in [-0.1, -0.05) is 17.7 Å². The molecule has 0 spiro atoms. The predicted molar refractivity (Wildman–Crippen MR) is 149 cm³/mol. The van der Waals surface area contributed by atoms with Crippen molar-refractivity contribution in [3.05, 3.63) is 65.4 Å². The van der Waals surface area contributed by atoms with Gasteiger partial charge in [0.05, 0.1) is 40.8 Å². The van der Waals surface area contributed by atoms with Crippen LogP contribution in [0.25, 0.3) is 22.0 Å². The number of nitrogens with zero attached hydrogens (tertiary/aromatic N) is 3. The Morgan fingerprint density at radius 3 is 2.61 bits per heavy atom. The second-order valence-corrected chi connectivity index (χ2v) is 10.00. The highest BCUT2D eigenvalue weighted by atomic mass is 35.5. The molecule has 1 aliphatic rings. The number of ether oxygens (including phenoxy) is 2. The molecule has 0 atom stereocenters. The van der Waals surface area contributed by atoms with E-state index in [1.165, 1.54) is 7.11 Å². The molecular formula is C29H29ClN4O4. The van der Waals surface area contributed by atoms with Gasteiger partial charge in [-0.15, -0.1) is 0 Å². The summed E-state index contributed by atoms with van der Waals surface area (Å²) in [5.74, 6) is 0.816. The quantitative estimate of drug-likeness (QED) is 0.242. The number of aromatic nitrogens is 2. The van der Waals surface area contributed by atoms with Gasteiger partial charge in [0.2, 0.25) is 5.88 Å². The van der Waals surface area contributed by atoms with E-state index in [0.717, 1.165) is 47.1 Å². The summed E-state index contributed by atoms with van der Waals surface area (Å²) >= 11 is 6.25. The first-order chi connectivity index (χ1) is 18.3. The molecule has 0 amide bonds. The summed E-state index contributed by atoms with van der Waals surface area (Å²) in [7, 11) is 5.45. The van der Waals surface area contributed by atoms with Crippen LogP contribution in [0.1, 0.15) is 23.2 Å². The average molecular weight is 533 g/mol. The molecule has 0 bridgehead atoms. The van der Waals surface area contributed by atoms with Crippen LogP contribution in [0, 0.1) is 5.92 Å². The van der Waals surface area contributed by atoms with Crippen LogP contribution < -0.4 is 14.8 Å². The van der Waals surface area contributed by atoms with Crippen LogP contribution in [0.3, 0.4) is 0 Å². The second kappa shape index (κ2) is 10.8. The van der Waals surface area contributed by atoms with Gasteiger partial charge >= 0.3 is 0 Å². The first-order valence-corrected chi connectivity index (χ1v) is 12.8. The van der Waals surface area contributed by atoms with E-state index >= 15 is 0 Å². The fourth-order valence-corrected chi connectivity index (χ4v) is 4.38. The summed E-state index contributed by atoms with van der Waals surface area (Å²) in [6.07, 6.45) is 5.13. The molecule has 1 aliphatic carbocycles. The van der Waals surface area contributed by atoms with Gasteiger partial charge in [0.1, 0.15) is 6.61 Å². The Hall–Kier alpha value is -3.88. The van der Waals surface area contributed by atoms with Crippen molar-refractivity contribution in [2.75, 3.05) is 39.7 Å². The van der Waals surface area contributed by atoms with Gasteiger partial charge in [-0.05, 0) is 68.4 Å². The van der Waals surface area contributed by atoms with E-state index in [1.54, 1.807) is 30.6 Å². The highest BCUT2D eigenvalue weighted by Crippen LogP contribution is 2.41. The van der Waals surface area contributed by atoms with Crippen molar-refractivity contribution in [2.24, 2.45) is 5.92 Å². The Morgan fingerprint density at radius 2 is 1.92 bits per heavy atom.